The Morgan fingerprint density at radius 2 is 2.32 bits per heavy atom. The third-order valence-corrected chi connectivity index (χ3v) is 4.17. The second-order valence-electron chi connectivity index (χ2n) is 5.93. The maximum Gasteiger partial charge on any atom is 0.225 e. The quantitative estimate of drug-likeness (QED) is 0.885. The molecular weight excluding hydrogens is 284 g/mol. The van der Waals surface area contributed by atoms with Gasteiger partial charge >= 0.3 is 0 Å². The molecule has 1 aromatic rings. The Hall–Kier alpha value is -1.47. The summed E-state index contributed by atoms with van der Waals surface area (Å²) in [5, 5.41) is 7.17. The highest BCUT2D eigenvalue weighted by atomic mass is 16.5. The molecule has 122 valence electrons. The fourth-order valence-corrected chi connectivity index (χ4v) is 2.96. The van der Waals surface area contributed by atoms with Crippen LogP contribution in [-0.2, 0) is 20.7 Å². The molecule has 3 rings (SSSR count). The molecule has 2 saturated heterocycles. The molecule has 0 unspecified atom stereocenters. The highest BCUT2D eigenvalue weighted by Gasteiger charge is 2.30. The molecule has 0 saturated carbocycles. The first-order valence-electron chi connectivity index (χ1n) is 8.18. The van der Waals surface area contributed by atoms with Gasteiger partial charge in [-0.2, -0.15) is 5.10 Å². The molecule has 2 fully saturated rings. The van der Waals surface area contributed by atoms with Gasteiger partial charge in [0, 0.05) is 19.6 Å². The minimum atomic E-state index is -0.232. The Morgan fingerprint density at radius 3 is 3.09 bits per heavy atom. The standard InChI is InChI=1S/C15H24N4O3/c1-2-4-13-16-15(18-17-13)12-10-19(6-8-22-12)14(20)9-11-5-3-7-21-11/h11-12H,2-10H2,1H3,(H,16,17,18)/t11-,12-/m0/s1. The van der Waals surface area contributed by atoms with Crippen LogP contribution < -0.4 is 0 Å². The van der Waals surface area contributed by atoms with Gasteiger partial charge in [-0.25, -0.2) is 4.98 Å². The molecule has 1 N–H and O–H groups in total. The molecule has 2 atom stereocenters. The summed E-state index contributed by atoms with van der Waals surface area (Å²) in [6.45, 7) is 4.56. The average Bonchev–Trinajstić information content (AvgIpc) is 3.19. The van der Waals surface area contributed by atoms with Crippen LogP contribution in [0, 0.1) is 0 Å². The van der Waals surface area contributed by atoms with Gasteiger partial charge in [0.2, 0.25) is 5.91 Å². The van der Waals surface area contributed by atoms with E-state index in [1.54, 1.807) is 0 Å². The number of carbonyl (C=O) groups excluding carboxylic acids is 1. The van der Waals surface area contributed by atoms with Gasteiger partial charge in [-0.1, -0.05) is 6.92 Å². The van der Waals surface area contributed by atoms with Gasteiger partial charge in [0.25, 0.3) is 0 Å². The third-order valence-electron chi connectivity index (χ3n) is 4.17. The van der Waals surface area contributed by atoms with Crippen molar-refractivity contribution in [3.05, 3.63) is 11.6 Å². The zero-order valence-electron chi connectivity index (χ0n) is 13.1. The molecule has 0 spiro atoms. The van der Waals surface area contributed by atoms with Crippen molar-refractivity contribution in [1.29, 1.82) is 0 Å². The number of H-pyrrole nitrogens is 1. The number of aryl methyl sites for hydroxylation is 1. The van der Waals surface area contributed by atoms with Crippen molar-refractivity contribution in [1.82, 2.24) is 20.1 Å². The summed E-state index contributed by atoms with van der Waals surface area (Å²) < 4.78 is 11.3. The maximum atomic E-state index is 12.4. The molecule has 1 aromatic heterocycles. The van der Waals surface area contributed by atoms with Gasteiger partial charge in [-0.3, -0.25) is 9.89 Å². The predicted molar refractivity (Wildman–Crippen MR) is 79.2 cm³/mol. The van der Waals surface area contributed by atoms with Gasteiger partial charge in [-0.15, -0.1) is 0 Å². The van der Waals surface area contributed by atoms with Crippen molar-refractivity contribution in [3.8, 4) is 0 Å². The lowest BCUT2D eigenvalue weighted by Gasteiger charge is -2.32. The number of rotatable bonds is 5. The molecule has 7 nitrogen and oxygen atoms in total. The van der Waals surface area contributed by atoms with E-state index in [1.165, 1.54) is 0 Å². The van der Waals surface area contributed by atoms with E-state index in [0.717, 1.165) is 38.1 Å². The normalized spacial score (nSPS) is 25.6. The van der Waals surface area contributed by atoms with Crippen LogP contribution in [0.4, 0.5) is 0 Å². The number of carbonyl (C=O) groups is 1. The number of nitrogens with zero attached hydrogens (tertiary/aromatic N) is 3. The molecule has 2 aliphatic rings. The Balaban J connectivity index is 1.56. The highest BCUT2D eigenvalue weighted by molar-refractivity contribution is 5.76. The van der Waals surface area contributed by atoms with E-state index in [0.29, 0.717) is 31.9 Å². The van der Waals surface area contributed by atoms with Gasteiger partial charge in [-0.05, 0) is 19.3 Å². The number of morpholine rings is 1. The van der Waals surface area contributed by atoms with Crippen molar-refractivity contribution in [2.24, 2.45) is 0 Å². The SMILES string of the molecule is CCCc1nc([C@@H]2CN(C(=O)C[C@@H]3CCCO3)CCO2)n[nH]1. The summed E-state index contributed by atoms with van der Waals surface area (Å²) in [6.07, 6.45) is 4.27. The van der Waals surface area contributed by atoms with Gasteiger partial charge in [0.15, 0.2) is 5.82 Å². The number of aromatic amines is 1. The van der Waals surface area contributed by atoms with Crippen molar-refractivity contribution in [2.45, 2.75) is 51.2 Å². The van der Waals surface area contributed by atoms with Crippen molar-refractivity contribution >= 4 is 5.91 Å². The summed E-state index contributed by atoms with van der Waals surface area (Å²) in [5.41, 5.74) is 0. The Labute approximate surface area is 130 Å². The third kappa shape index (κ3) is 3.64. The fraction of sp³-hybridized carbons (Fsp3) is 0.800. The summed E-state index contributed by atoms with van der Waals surface area (Å²) in [5.74, 6) is 1.67. The first-order valence-corrected chi connectivity index (χ1v) is 8.18. The van der Waals surface area contributed by atoms with Gasteiger partial charge < -0.3 is 14.4 Å². The van der Waals surface area contributed by atoms with Crippen LogP contribution in [0.5, 0.6) is 0 Å². The van der Waals surface area contributed by atoms with Crippen LogP contribution in [0.15, 0.2) is 0 Å². The van der Waals surface area contributed by atoms with Crippen molar-refractivity contribution < 1.29 is 14.3 Å². The molecule has 22 heavy (non-hydrogen) atoms. The lowest BCUT2D eigenvalue weighted by molar-refractivity contribution is -0.141. The predicted octanol–water partition coefficient (Wildman–Crippen LogP) is 1.23. The second-order valence-corrected chi connectivity index (χ2v) is 5.93. The minimum absolute atomic E-state index is 0.0912. The first-order chi connectivity index (χ1) is 10.8. The number of aromatic nitrogens is 3. The topological polar surface area (TPSA) is 80.3 Å². The van der Waals surface area contributed by atoms with Crippen LogP contribution >= 0.6 is 0 Å². The van der Waals surface area contributed by atoms with Gasteiger partial charge in [0.1, 0.15) is 11.9 Å². The fourth-order valence-electron chi connectivity index (χ4n) is 2.96. The molecule has 2 aliphatic heterocycles. The van der Waals surface area contributed by atoms with Crippen molar-refractivity contribution in [2.75, 3.05) is 26.3 Å². The van der Waals surface area contributed by atoms with E-state index in [4.69, 9.17) is 9.47 Å². The monoisotopic (exact) mass is 308 g/mol. The zero-order chi connectivity index (χ0) is 15.4. The summed E-state index contributed by atoms with van der Waals surface area (Å²) in [6, 6.07) is 0. The van der Waals surface area contributed by atoms with E-state index < -0.39 is 0 Å². The molecule has 0 aliphatic carbocycles. The molecule has 0 radical (unpaired) electrons. The zero-order valence-corrected chi connectivity index (χ0v) is 13.1. The maximum absolute atomic E-state index is 12.4. The molecule has 0 bridgehead atoms. The first kappa shape index (κ1) is 15.4. The van der Waals surface area contributed by atoms with E-state index in [9.17, 15) is 4.79 Å². The van der Waals surface area contributed by atoms with Crippen LogP contribution in [0.25, 0.3) is 0 Å². The van der Waals surface area contributed by atoms with Crippen LogP contribution in [0.2, 0.25) is 0 Å². The number of amides is 1. The molecule has 1 amide bonds. The largest absolute Gasteiger partial charge is 0.378 e. The van der Waals surface area contributed by atoms with E-state index in [1.807, 2.05) is 4.90 Å². The smallest absolute Gasteiger partial charge is 0.225 e. The van der Waals surface area contributed by atoms with Crippen LogP contribution in [0.3, 0.4) is 0 Å². The molecule has 7 heteroatoms. The highest BCUT2D eigenvalue weighted by Crippen LogP contribution is 2.22. The Bertz CT molecular complexity index is 499. The van der Waals surface area contributed by atoms with Crippen LogP contribution in [-0.4, -0.2) is 58.4 Å². The van der Waals surface area contributed by atoms with E-state index in [-0.39, 0.29) is 18.1 Å². The lowest BCUT2D eigenvalue weighted by atomic mass is 10.1. The summed E-state index contributed by atoms with van der Waals surface area (Å²) in [7, 11) is 0. The van der Waals surface area contributed by atoms with Crippen LogP contribution in [0.1, 0.15) is 50.4 Å². The molecule has 0 aromatic carbocycles. The molecular formula is C15H24N4O3. The lowest BCUT2D eigenvalue weighted by Crippen LogP contribution is -2.43. The number of ether oxygens (including phenoxy) is 2. The average molecular weight is 308 g/mol. The number of hydrogen-bond acceptors (Lipinski definition) is 5. The van der Waals surface area contributed by atoms with E-state index >= 15 is 0 Å². The Morgan fingerprint density at radius 1 is 1.41 bits per heavy atom. The second kappa shape index (κ2) is 7.19. The molecule has 3 heterocycles. The van der Waals surface area contributed by atoms with Crippen molar-refractivity contribution in [3.63, 3.8) is 0 Å². The number of nitrogens with one attached hydrogen (secondary N) is 1. The summed E-state index contributed by atoms with van der Waals surface area (Å²) >= 11 is 0. The number of hydrogen-bond donors (Lipinski definition) is 1. The summed E-state index contributed by atoms with van der Waals surface area (Å²) in [4.78, 5) is 18.7. The Kier molecular flexibility index (Phi) is 5.04. The van der Waals surface area contributed by atoms with Gasteiger partial charge in [0.05, 0.1) is 25.7 Å². The minimum Gasteiger partial charge on any atom is -0.378 e. The van der Waals surface area contributed by atoms with E-state index in [2.05, 4.69) is 22.1 Å².